The average molecular weight is 682 g/mol. The summed E-state index contributed by atoms with van der Waals surface area (Å²) < 4.78 is 6.52. The van der Waals surface area contributed by atoms with Gasteiger partial charge >= 0.3 is 0 Å². The van der Waals surface area contributed by atoms with Crippen LogP contribution in [0, 0.1) is 0 Å². The van der Waals surface area contributed by atoms with Gasteiger partial charge in [-0.15, -0.1) is 0 Å². The van der Waals surface area contributed by atoms with Gasteiger partial charge in [0.2, 0.25) is 0 Å². The number of fused-ring (bicyclic) bond motifs is 6. The van der Waals surface area contributed by atoms with E-state index in [4.69, 9.17) is 4.74 Å². The second-order valence-electron chi connectivity index (χ2n) is 14.2. The standard InChI is InChI=1S/C49H35N3O/c1-2-12-30(13-3-1)35-18-8-9-21-40(35)48-50-47(34-25-27-43-42(29-34)38-22-10-16-32-17-11-23-44(53-43)45(32)38)51-49(52-48)46-37-20-7-5-15-33(37)28-41-36-19-6-4-14-31(36)24-26-39(41)46/h1-29,47-52H. The molecule has 0 bridgehead atoms. The highest BCUT2D eigenvalue weighted by molar-refractivity contribution is 6.14. The molecule has 0 aliphatic carbocycles. The van der Waals surface area contributed by atoms with E-state index in [0.717, 1.165) is 28.0 Å². The van der Waals surface area contributed by atoms with E-state index in [1.165, 1.54) is 65.5 Å². The Morgan fingerprint density at radius 1 is 0.377 bits per heavy atom. The topological polar surface area (TPSA) is 45.3 Å². The van der Waals surface area contributed by atoms with Gasteiger partial charge in [0, 0.05) is 10.9 Å². The Morgan fingerprint density at radius 3 is 1.98 bits per heavy atom. The van der Waals surface area contributed by atoms with Crippen molar-refractivity contribution < 1.29 is 4.74 Å². The summed E-state index contributed by atoms with van der Waals surface area (Å²) in [7, 11) is 0. The maximum absolute atomic E-state index is 6.52. The lowest BCUT2D eigenvalue weighted by Crippen LogP contribution is -2.54. The Labute approximate surface area is 307 Å². The largest absolute Gasteiger partial charge is 0.456 e. The van der Waals surface area contributed by atoms with Gasteiger partial charge in [-0.05, 0) is 95.3 Å². The van der Waals surface area contributed by atoms with Crippen LogP contribution in [0.3, 0.4) is 0 Å². The van der Waals surface area contributed by atoms with Gasteiger partial charge in [-0.1, -0.05) is 152 Å². The summed E-state index contributed by atoms with van der Waals surface area (Å²) in [6.45, 7) is 0. The van der Waals surface area contributed by atoms with Gasteiger partial charge in [-0.2, -0.15) is 0 Å². The molecule has 3 atom stereocenters. The van der Waals surface area contributed by atoms with Crippen molar-refractivity contribution in [2.75, 3.05) is 0 Å². The third-order valence-corrected chi connectivity index (χ3v) is 11.2. The summed E-state index contributed by atoms with van der Waals surface area (Å²) in [6.07, 6.45) is -0.555. The van der Waals surface area contributed by atoms with Crippen LogP contribution in [0.4, 0.5) is 0 Å². The summed E-state index contributed by atoms with van der Waals surface area (Å²) in [5.41, 5.74) is 8.29. The predicted octanol–water partition coefficient (Wildman–Crippen LogP) is 11.9. The summed E-state index contributed by atoms with van der Waals surface area (Å²) in [4.78, 5) is 0. The molecule has 0 spiro atoms. The lowest BCUT2D eigenvalue weighted by Gasteiger charge is -2.41. The van der Waals surface area contributed by atoms with Gasteiger partial charge in [0.15, 0.2) is 0 Å². The summed E-state index contributed by atoms with van der Waals surface area (Å²) in [5.74, 6) is 1.79. The minimum absolute atomic E-state index is 0.173. The first-order valence-corrected chi connectivity index (χ1v) is 18.4. The van der Waals surface area contributed by atoms with Crippen LogP contribution in [0.5, 0.6) is 11.5 Å². The highest BCUT2D eigenvalue weighted by atomic mass is 16.5. The molecule has 0 radical (unpaired) electrons. The van der Waals surface area contributed by atoms with Gasteiger partial charge < -0.3 is 4.74 Å². The minimum Gasteiger partial charge on any atom is -0.456 e. The molecule has 252 valence electrons. The zero-order valence-electron chi connectivity index (χ0n) is 28.9. The Bertz CT molecular complexity index is 2880. The molecule has 11 rings (SSSR count). The molecule has 9 aromatic carbocycles. The highest BCUT2D eigenvalue weighted by Crippen LogP contribution is 2.47. The first-order valence-electron chi connectivity index (χ1n) is 18.4. The molecule has 4 nitrogen and oxygen atoms in total. The quantitative estimate of drug-likeness (QED) is 0.128. The Morgan fingerprint density at radius 2 is 1.08 bits per heavy atom. The fraction of sp³-hybridized carbons (Fsp3) is 0.0612. The van der Waals surface area contributed by atoms with E-state index in [0.29, 0.717) is 0 Å². The smallest absolute Gasteiger partial charge is 0.135 e. The second-order valence-corrected chi connectivity index (χ2v) is 14.2. The van der Waals surface area contributed by atoms with Crippen LogP contribution in [0.15, 0.2) is 176 Å². The maximum Gasteiger partial charge on any atom is 0.135 e. The van der Waals surface area contributed by atoms with Crippen LogP contribution >= 0.6 is 0 Å². The minimum atomic E-state index is -0.193. The molecule has 2 aliphatic rings. The van der Waals surface area contributed by atoms with Crippen LogP contribution in [-0.4, -0.2) is 0 Å². The molecule has 0 amide bonds. The Kier molecular flexibility index (Phi) is 6.95. The zero-order valence-corrected chi connectivity index (χ0v) is 28.9. The molecule has 53 heavy (non-hydrogen) atoms. The molecule has 2 aliphatic heterocycles. The van der Waals surface area contributed by atoms with Gasteiger partial charge in [0.1, 0.15) is 11.5 Å². The molecule has 4 heteroatoms. The number of nitrogens with one attached hydrogen (secondary N) is 3. The zero-order chi connectivity index (χ0) is 34.9. The number of rotatable bonds is 4. The summed E-state index contributed by atoms with van der Waals surface area (Å²) >= 11 is 0. The average Bonchev–Trinajstić information content (AvgIpc) is 3.23. The van der Waals surface area contributed by atoms with Gasteiger partial charge in [0.25, 0.3) is 0 Å². The molecule has 3 N–H and O–H groups in total. The molecule has 9 aromatic rings. The molecule has 1 saturated heterocycles. The van der Waals surface area contributed by atoms with Gasteiger partial charge in [-0.25, -0.2) is 0 Å². The lowest BCUT2D eigenvalue weighted by molar-refractivity contribution is 0.205. The van der Waals surface area contributed by atoms with Crippen LogP contribution in [-0.2, 0) is 0 Å². The van der Waals surface area contributed by atoms with Crippen molar-refractivity contribution in [3.63, 3.8) is 0 Å². The van der Waals surface area contributed by atoms with Crippen molar-refractivity contribution in [1.82, 2.24) is 16.0 Å². The molecule has 0 saturated carbocycles. The Hall–Kier alpha value is -6.30. The van der Waals surface area contributed by atoms with Crippen molar-refractivity contribution in [3.05, 3.63) is 193 Å². The van der Waals surface area contributed by atoms with Crippen molar-refractivity contribution >= 4 is 43.1 Å². The summed E-state index contributed by atoms with van der Waals surface area (Å²) in [6, 6.07) is 63.3. The third kappa shape index (κ3) is 4.96. The second kappa shape index (κ2) is 12.1. The molecular formula is C49H35N3O. The number of ether oxygens (including phenoxy) is 1. The monoisotopic (exact) mass is 681 g/mol. The van der Waals surface area contributed by atoms with Crippen molar-refractivity contribution in [3.8, 4) is 33.8 Å². The fourth-order valence-electron chi connectivity index (χ4n) is 8.74. The van der Waals surface area contributed by atoms with Crippen molar-refractivity contribution in [1.29, 1.82) is 0 Å². The lowest BCUT2D eigenvalue weighted by atomic mass is 9.90. The van der Waals surface area contributed by atoms with E-state index in [-0.39, 0.29) is 18.5 Å². The maximum atomic E-state index is 6.52. The van der Waals surface area contributed by atoms with E-state index in [1.807, 2.05) is 0 Å². The van der Waals surface area contributed by atoms with Crippen molar-refractivity contribution in [2.24, 2.45) is 0 Å². The highest BCUT2D eigenvalue weighted by Gasteiger charge is 2.33. The first-order chi connectivity index (χ1) is 26.3. The third-order valence-electron chi connectivity index (χ3n) is 11.2. The van der Waals surface area contributed by atoms with E-state index >= 15 is 0 Å². The van der Waals surface area contributed by atoms with Crippen molar-refractivity contribution in [2.45, 2.75) is 18.5 Å². The van der Waals surface area contributed by atoms with Gasteiger partial charge in [0.05, 0.1) is 18.5 Å². The molecule has 2 heterocycles. The first kappa shape index (κ1) is 30.3. The number of benzene rings is 9. The van der Waals surface area contributed by atoms with Crippen LogP contribution in [0.1, 0.15) is 35.2 Å². The van der Waals surface area contributed by atoms with Crippen LogP contribution in [0.2, 0.25) is 0 Å². The predicted molar refractivity (Wildman–Crippen MR) is 218 cm³/mol. The molecule has 1 fully saturated rings. The number of hydrogen-bond acceptors (Lipinski definition) is 4. The normalized spacial score (nSPS) is 17.9. The summed E-state index contributed by atoms with van der Waals surface area (Å²) in [5, 5.41) is 22.0. The van der Waals surface area contributed by atoms with E-state index < -0.39 is 0 Å². The SMILES string of the molecule is c1ccc(-c2ccccc2C2NC(c3ccc4c(c3)-c3cccc5cccc(c35)O4)NC(c3c4ccccc4cc4c3ccc3ccccc34)N2)cc1. The van der Waals surface area contributed by atoms with Crippen LogP contribution in [0.25, 0.3) is 65.3 Å². The number of hydrogen-bond donors (Lipinski definition) is 3. The Balaban J connectivity index is 1.11. The fourth-order valence-corrected chi connectivity index (χ4v) is 8.74. The molecule has 3 unspecified atom stereocenters. The molecular weight excluding hydrogens is 647 g/mol. The van der Waals surface area contributed by atoms with E-state index in [1.54, 1.807) is 0 Å². The van der Waals surface area contributed by atoms with E-state index in [2.05, 4.69) is 192 Å². The van der Waals surface area contributed by atoms with Gasteiger partial charge in [-0.3, -0.25) is 16.0 Å². The van der Waals surface area contributed by atoms with Crippen LogP contribution < -0.4 is 20.7 Å². The van der Waals surface area contributed by atoms with E-state index in [9.17, 15) is 0 Å². The molecule has 0 aromatic heterocycles.